The van der Waals surface area contributed by atoms with Crippen LogP contribution in [0.5, 0.6) is 5.75 Å². The number of anilines is 3. The number of aliphatic imine (C=N–C) groups is 1. The molecular weight excluding hydrogens is 416 g/mol. The summed E-state index contributed by atoms with van der Waals surface area (Å²) in [5, 5.41) is 6.85. The number of likely N-dealkylation sites (N-methyl/N-ethyl adjacent to an activating group) is 2. The smallest absolute Gasteiger partial charge is 0.194 e. The molecule has 1 aromatic carbocycles. The Morgan fingerprint density at radius 1 is 1.24 bits per heavy atom. The molecule has 0 saturated carbocycles. The van der Waals surface area contributed by atoms with E-state index in [1.54, 1.807) is 13.3 Å². The summed E-state index contributed by atoms with van der Waals surface area (Å²) in [6.45, 7) is 1.78. The molecule has 1 atom stereocenters. The van der Waals surface area contributed by atoms with Crippen molar-refractivity contribution in [3.63, 3.8) is 0 Å². The van der Waals surface area contributed by atoms with Crippen LogP contribution < -0.4 is 26.0 Å². The molecule has 0 aliphatic carbocycles. The zero-order valence-corrected chi connectivity index (χ0v) is 19.8. The molecule has 1 unspecified atom stereocenters. The van der Waals surface area contributed by atoms with Gasteiger partial charge in [-0.1, -0.05) is 0 Å². The number of fused-ring (bicyclic) bond motifs is 1. The number of aromatic nitrogens is 2. The van der Waals surface area contributed by atoms with Crippen molar-refractivity contribution in [2.24, 2.45) is 12.0 Å². The fourth-order valence-electron chi connectivity index (χ4n) is 3.90. The molecule has 0 fully saturated rings. The highest BCUT2D eigenvalue weighted by molar-refractivity contribution is 5.95. The summed E-state index contributed by atoms with van der Waals surface area (Å²) in [6.07, 6.45) is 7.25. The van der Waals surface area contributed by atoms with E-state index < -0.39 is 0 Å². The number of aryl methyl sites for hydroxylation is 1. The Morgan fingerprint density at radius 2 is 2.06 bits per heavy atom. The predicted octanol–water partition coefficient (Wildman–Crippen LogP) is 2.57. The molecule has 4 rings (SSSR count). The standard InChI is InChI=1S/C24H32N8O/c1-30(2)11-12-31(3)21-14-22(33-5)19(13-17(21)25)29-24-27-10-8-18(28-24)16-15-32(4)20-7-6-9-26-23(16)20/h6-10,13-15,24,28-29H,11-12,25H2,1-5H3. The van der Waals surface area contributed by atoms with Crippen LogP contribution in [0.2, 0.25) is 0 Å². The quantitative estimate of drug-likeness (QED) is 0.456. The van der Waals surface area contributed by atoms with Crippen LogP contribution in [0.15, 0.2) is 47.7 Å². The monoisotopic (exact) mass is 448 g/mol. The van der Waals surface area contributed by atoms with Crippen molar-refractivity contribution in [1.29, 1.82) is 0 Å². The molecule has 0 spiro atoms. The summed E-state index contributed by atoms with van der Waals surface area (Å²) in [5.74, 6) is 0.704. The van der Waals surface area contributed by atoms with E-state index in [-0.39, 0.29) is 6.29 Å². The number of nitrogen functional groups attached to an aromatic ring is 1. The number of nitrogens with zero attached hydrogens (tertiary/aromatic N) is 5. The van der Waals surface area contributed by atoms with Crippen LogP contribution in [0.3, 0.4) is 0 Å². The van der Waals surface area contributed by atoms with Gasteiger partial charge in [-0.05, 0) is 38.4 Å². The third-order valence-corrected chi connectivity index (χ3v) is 5.74. The first-order chi connectivity index (χ1) is 15.9. The van der Waals surface area contributed by atoms with E-state index in [1.165, 1.54) is 0 Å². The Hall–Kier alpha value is -3.72. The Kier molecular flexibility index (Phi) is 6.41. The van der Waals surface area contributed by atoms with Crippen LogP contribution in [-0.2, 0) is 7.05 Å². The largest absolute Gasteiger partial charge is 0.495 e. The maximum absolute atomic E-state index is 6.41. The van der Waals surface area contributed by atoms with E-state index in [9.17, 15) is 0 Å². The van der Waals surface area contributed by atoms with Crippen molar-refractivity contribution in [2.75, 3.05) is 57.3 Å². The summed E-state index contributed by atoms with van der Waals surface area (Å²) in [6, 6.07) is 7.86. The lowest BCUT2D eigenvalue weighted by molar-refractivity contribution is 0.413. The number of nitrogens with two attached hydrogens (primary N) is 1. The normalized spacial score (nSPS) is 15.5. The number of ether oxygens (including phenoxy) is 1. The first-order valence-corrected chi connectivity index (χ1v) is 10.9. The van der Waals surface area contributed by atoms with Crippen LogP contribution in [0.4, 0.5) is 17.1 Å². The van der Waals surface area contributed by atoms with E-state index in [0.29, 0.717) is 11.4 Å². The van der Waals surface area contributed by atoms with Crippen molar-refractivity contribution >= 4 is 40.0 Å². The maximum atomic E-state index is 6.41. The lowest BCUT2D eigenvalue weighted by atomic mass is 10.1. The van der Waals surface area contributed by atoms with Gasteiger partial charge in [0.05, 0.1) is 35.2 Å². The van der Waals surface area contributed by atoms with E-state index in [1.807, 2.05) is 44.6 Å². The van der Waals surface area contributed by atoms with Gasteiger partial charge in [0.25, 0.3) is 0 Å². The first-order valence-electron chi connectivity index (χ1n) is 10.9. The van der Waals surface area contributed by atoms with Gasteiger partial charge >= 0.3 is 0 Å². The molecule has 3 aromatic rings. The van der Waals surface area contributed by atoms with Gasteiger partial charge in [-0.2, -0.15) is 0 Å². The average molecular weight is 449 g/mol. The summed E-state index contributed by atoms with van der Waals surface area (Å²) in [5.41, 5.74) is 12.8. The van der Waals surface area contributed by atoms with E-state index in [0.717, 1.165) is 46.8 Å². The molecular formula is C24H32N8O. The fraction of sp³-hybridized carbons (Fsp3) is 0.333. The average Bonchev–Trinajstić information content (AvgIpc) is 3.14. The van der Waals surface area contributed by atoms with Gasteiger partial charge in [-0.3, -0.25) is 4.98 Å². The fourth-order valence-corrected chi connectivity index (χ4v) is 3.90. The second-order valence-corrected chi connectivity index (χ2v) is 8.43. The minimum Gasteiger partial charge on any atom is -0.495 e. The Bertz CT molecular complexity index is 1200. The molecule has 4 N–H and O–H groups in total. The number of methoxy groups -OCH3 is 1. The summed E-state index contributed by atoms with van der Waals surface area (Å²) in [4.78, 5) is 13.4. The second-order valence-electron chi connectivity index (χ2n) is 8.43. The predicted molar refractivity (Wildman–Crippen MR) is 137 cm³/mol. The Labute approximate surface area is 194 Å². The van der Waals surface area contributed by atoms with Crippen molar-refractivity contribution in [3.05, 3.63) is 48.3 Å². The first kappa shape index (κ1) is 22.5. The Balaban J connectivity index is 1.54. The van der Waals surface area contributed by atoms with E-state index in [4.69, 9.17) is 10.5 Å². The molecule has 0 saturated heterocycles. The zero-order chi connectivity index (χ0) is 23.5. The van der Waals surface area contributed by atoms with Crippen LogP contribution in [0.25, 0.3) is 16.7 Å². The summed E-state index contributed by atoms with van der Waals surface area (Å²) < 4.78 is 7.74. The second kappa shape index (κ2) is 9.41. The molecule has 174 valence electrons. The number of nitrogens with one attached hydrogen (secondary N) is 2. The molecule has 33 heavy (non-hydrogen) atoms. The highest BCUT2D eigenvalue weighted by Crippen LogP contribution is 2.35. The lowest BCUT2D eigenvalue weighted by Gasteiger charge is -2.26. The highest BCUT2D eigenvalue weighted by Gasteiger charge is 2.19. The number of rotatable bonds is 8. The maximum Gasteiger partial charge on any atom is 0.194 e. The third kappa shape index (κ3) is 4.73. The van der Waals surface area contributed by atoms with Crippen molar-refractivity contribution in [3.8, 4) is 5.75 Å². The third-order valence-electron chi connectivity index (χ3n) is 5.74. The molecule has 1 aliphatic rings. The minimum atomic E-state index is -0.380. The van der Waals surface area contributed by atoms with Gasteiger partial charge in [0.15, 0.2) is 6.29 Å². The van der Waals surface area contributed by atoms with Gasteiger partial charge in [0, 0.05) is 63.1 Å². The topological polar surface area (TPSA) is 96.0 Å². The molecule has 2 aromatic heterocycles. The van der Waals surface area contributed by atoms with Gasteiger partial charge in [-0.25, -0.2) is 4.99 Å². The highest BCUT2D eigenvalue weighted by atomic mass is 16.5. The minimum absolute atomic E-state index is 0.380. The van der Waals surface area contributed by atoms with Gasteiger partial charge in [0.1, 0.15) is 5.75 Å². The number of benzene rings is 1. The van der Waals surface area contributed by atoms with Gasteiger partial charge in [0.2, 0.25) is 0 Å². The van der Waals surface area contributed by atoms with Crippen LogP contribution >= 0.6 is 0 Å². The van der Waals surface area contributed by atoms with E-state index >= 15 is 0 Å². The molecule has 9 heteroatoms. The van der Waals surface area contributed by atoms with Crippen LogP contribution in [-0.4, -0.2) is 68.3 Å². The molecule has 0 radical (unpaired) electrons. The van der Waals surface area contributed by atoms with Crippen molar-refractivity contribution in [2.45, 2.75) is 6.29 Å². The molecule has 3 heterocycles. The Morgan fingerprint density at radius 3 is 2.82 bits per heavy atom. The van der Waals surface area contributed by atoms with Gasteiger partial charge in [-0.15, -0.1) is 0 Å². The van der Waals surface area contributed by atoms with E-state index in [2.05, 4.69) is 61.3 Å². The molecule has 1 aliphatic heterocycles. The number of allylic oxidation sites excluding steroid dienone is 1. The zero-order valence-electron chi connectivity index (χ0n) is 19.8. The van der Waals surface area contributed by atoms with Crippen molar-refractivity contribution in [1.82, 2.24) is 19.8 Å². The SMILES string of the molecule is COc1cc(N(C)CCN(C)C)c(N)cc1NC1N=CC=C(c2cn(C)c3cccnc23)N1. The van der Waals surface area contributed by atoms with Crippen LogP contribution in [0.1, 0.15) is 5.56 Å². The summed E-state index contributed by atoms with van der Waals surface area (Å²) >= 11 is 0. The molecule has 0 bridgehead atoms. The molecule has 9 nitrogen and oxygen atoms in total. The molecule has 0 amide bonds. The van der Waals surface area contributed by atoms with Crippen molar-refractivity contribution < 1.29 is 4.74 Å². The van der Waals surface area contributed by atoms with Crippen LogP contribution in [0, 0.1) is 0 Å². The number of pyridine rings is 1. The lowest BCUT2D eigenvalue weighted by Crippen LogP contribution is -2.35. The van der Waals surface area contributed by atoms with Gasteiger partial charge < -0.3 is 35.5 Å². The number of hydrogen-bond acceptors (Lipinski definition) is 8. The summed E-state index contributed by atoms with van der Waals surface area (Å²) in [7, 11) is 9.82. The number of hydrogen-bond donors (Lipinski definition) is 3.